The fourth-order valence-electron chi connectivity index (χ4n) is 0.754. The molecule has 0 fully saturated rings. The highest BCUT2D eigenvalue weighted by atomic mass is 16.7. The molecule has 0 atom stereocenters. The number of hydrogen-bond donors (Lipinski definition) is 0. The lowest BCUT2D eigenvalue weighted by molar-refractivity contribution is -0.0757. The fraction of sp³-hybridized carbons (Fsp3) is 0.250. The van der Waals surface area contributed by atoms with Crippen LogP contribution in [0.5, 0.6) is 0 Å². The van der Waals surface area contributed by atoms with Crippen LogP contribution in [0.15, 0.2) is 24.5 Å². The Balaban J connectivity index is 2.79. The molecule has 0 unspecified atom stereocenters. The molecule has 1 amide bonds. The van der Waals surface area contributed by atoms with Crippen molar-refractivity contribution in [2.24, 2.45) is 0 Å². The molecular formula is C8H10N2O2. The summed E-state index contributed by atoms with van der Waals surface area (Å²) in [6.45, 7) is 0. The molecule has 0 aliphatic rings. The van der Waals surface area contributed by atoms with E-state index in [1.807, 2.05) is 0 Å². The molecule has 0 aromatic carbocycles. The second-order valence-corrected chi connectivity index (χ2v) is 2.23. The minimum Gasteiger partial charge on any atom is -0.274 e. The van der Waals surface area contributed by atoms with Gasteiger partial charge in [0.05, 0.1) is 12.7 Å². The van der Waals surface area contributed by atoms with Gasteiger partial charge in [0.1, 0.15) is 0 Å². The van der Waals surface area contributed by atoms with E-state index >= 15 is 0 Å². The predicted molar refractivity (Wildman–Crippen MR) is 43.3 cm³/mol. The zero-order valence-electron chi connectivity index (χ0n) is 7.02. The molecule has 0 saturated heterocycles. The number of hydrogen-bond acceptors (Lipinski definition) is 3. The summed E-state index contributed by atoms with van der Waals surface area (Å²) < 4.78 is 0. The van der Waals surface area contributed by atoms with Crippen molar-refractivity contribution < 1.29 is 9.63 Å². The molecule has 4 heteroatoms. The van der Waals surface area contributed by atoms with Gasteiger partial charge in [-0.25, -0.2) is 5.06 Å². The summed E-state index contributed by atoms with van der Waals surface area (Å²) in [5.74, 6) is -0.203. The smallest absolute Gasteiger partial charge is 0.274 e. The molecule has 1 aromatic heterocycles. The van der Waals surface area contributed by atoms with Gasteiger partial charge in [-0.2, -0.15) is 0 Å². The van der Waals surface area contributed by atoms with Crippen LogP contribution in [-0.4, -0.2) is 30.1 Å². The van der Waals surface area contributed by atoms with Crippen molar-refractivity contribution in [3.8, 4) is 0 Å². The summed E-state index contributed by atoms with van der Waals surface area (Å²) >= 11 is 0. The SMILES string of the molecule is CON(C)[13C](=O)[13c]1[13cH][13cH][13cH]n[13cH]1. The number of carbonyl (C=O) groups is 1. The summed E-state index contributed by atoms with van der Waals surface area (Å²) in [6, 6.07) is 3.39. The van der Waals surface area contributed by atoms with E-state index in [2.05, 4.69) is 4.98 Å². The van der Waals surface area contributed by atoms with Gasteiger partial charge >= 0.3 is 0 Å². The standard InChI is InChI=1S/C8H10N2O2/c1-10(12-2)8(11)7-4-3-5-9-6-7/h3-6H,1-2H3/i3+1,4+1,5+1,6+1,7+1,8+1. The van der Waals surface area contributed by atoms with Crippen molar-refractivity contribution >= 4 is 5.91 Å². The van der Waals surface area contributed by atoms with Gasteiger partial charge in [-0.1, -0.05) is 0 Å². The van der Waals surface area contributed by atoms with Crippen molar-refractivity contribution in [3.05, 3.63) is 30.1 Å². The topological polar surface area (TPSA) is 42.4 Å². The minimum absolute atomic E-state index is 0.203. The summed E-state index contributed by atoms with van der Waals surface area (Å²) in [5.41, 5.74) is 0.516. The van der Waals surface area contributed by atoms with E-state index in [9.17, 15) is 4.79 Å². The number of amides is 1. The number of aromatic nitrogens is 1. The van der Waals surface area contributed by atoms with E-state index in [4.69, 9.17) is 4.84 Å². The van der Waals surface area contributed by atoms with Crippen molar-refractivity contribution in [3.63, 3.8) is 0 Å². The van der Waals surface area contributed by atoms with Gasteiger partial charge in [0.15, 0.2) is 0 Å². The van der Waals surface area contributed by atoms with Crippen molar-refractivity contribution in [2.45, 2.75) is 0 Å². The van der Waals surface area contributed by atoms with Crippen LogP contribution in [0.3, 0.4) is 0 Å². The maximum atomic E-state index is 11.3. The molecule has 0 spiro atoms. The highest BCUT2D eigenvalue weighted by Gasteiger charge is 2.09. The maximum Gasteiger partial charge on any atom is 0.278 e. The van der Waals surface area contributed by atoms with E-state index in [0.29, 0.717) is 5.56 Å². The molecule has 0 saturated carbocycles. The Hall–Kier alpha value is -1.42. The van der Waals surface area contributed by atoms with Gasteiger partial charge in [-0.05, 0) is 12.1 Å². The average molecular weight is 172 g/mol. The van der Waals surface area contributed by atoms with Crippen LogP contribution in [0.1, 0.15) is 10.4 Å². The third-order valence-corrected chi connectivity index (χ3v) is 1.47. The van der Waals surface area contributed by atoms with Crippen LogP contribution in [0, 0.1) is 0 Å². The number of carbonyl (C=O) groups excluding carboxylic acids is 1. The van der Waals surface area contributed by atoms with Crippen LogP contribution in [0.4, 0.5) is 0 Å². The van der Waals surface area contributed by atoms with E-state index in [1.165, 1.54) is 13.3 Å². The van der Waals surface area contributed by atoms with Gasteiger partial charge in [-0.3, -0.25) is 14.6 Å². The largest absolute Gasteiger partial charge is 0.278 e. The molecule has 12 heavy (non-hydrogen) atoms. The lowest BCUT2D eigenvalue weighted by Crippen LogP contribution is -2.25. The van der Waals surface area contributed by atoms with E-state index in [1.54, 1.807) is 25.4 Å². The van der Waals surface area contributed by atoms with Gasteiger partial charge in [-0.15, -0.1) is 0 Å². The highest BCUT2D eigenvalue weighted by Crippen LogP contribution is 2.00. The Labute approximate surface area is 70.7 Å². The monoisotopic (exact) mass is 172 g/mol. The Morgan fingerprint density at radius 1 is 1.67 bits per heavy atom. The Morgan fingerprint density at radius 2 is 2.42 bits per heavy atom. The molecule has 1 rings (SSSR count). The normalized spacial score (nSPS) is 9.50. The maximum absolute atomic E-state index is 11.3. The van der Waals surface area contributed by atoms with Gasteiger partial charge in [0.2, 0.25) is 0 Å². The molecule has 64 valence electrons. The Bertz CT molecular complexity index is 261. The summed E-state index contributed by atoms with van der Waals surface area (Å²) in [4.78, 5) is 19.9. The minimum atomic E-state index is -0.203. The lowest BCUT2D eigenvalue weighted by Gasteiger charge is -2.12. The van der Waals surface area contributed by atoms with E-state index in [-0.39, 0.29) is 5.91 Å². The van der Waals surface area contributed by atoms with Gasteiger partial charge < -0.3 is 0 Å². The van der Waals surface area contributed by atoms with Crippen molar-refractivity contribution in [2.75, 3.05) is 14.2 Å². The first-order chi connectivity index (χ1) is 5.75. The molecule has 1 heterocycles. The van der Waals surface area contributed by atoms with E-state index < -0.39 is 0 Å². The molecule has 0 aliphatic heterocycles. The molecule has 0 aliphatic carbocycles. The second kappa shape index (κ2) is 3.82. The second-order valence-electron chi connectivity index (χ2n) is 2.23. The zero-order valence-corrected chi connectivity index (χ0v) is 7.02. The number of rotatable bonds is 2. The molecule has 0 bridgehead atoms. The van der Waals surface area contributed by atoms with Gasteiger partial charge in [0, 0.05) is 19.4 Å². The van der Waals surface area contributed by atoms with Crippen LogP contribution in [-0.2, 0) is 4.84 Å². The quantitative estimate of drug-likeness (QED) is 0.487. The van der Waals surface area contributed by atoms with Crippen molar-refractivity contribution in [1.82, 2.24) is 10.0 Å². The molecular weight excluding hydrogens is 162 g/mol. The molecule has 0 N–H and O–H groups in total. The average Bonchev–Trinajstić information content (AvgIpc) is 2.17. The number of pyridine rings is 1. The van der Waals surface area contributed by atoms with Crippen LogP contribution < -0.4 is 0 Å². The zero-order chi connectivity index (χ0) is 8.97. The third-order valence-electron chi connectivity index (χ3n) is 1.47. The molecule has 4 nitrogen and oxygen atoms in total. The highest BCUT2D eigenvalue weighted by molar-refractivity contribution is 5.92. The van der Waals surface area contributed by atoms with E-state index in [0.717, 1.165) is 5.06 Å². The third kappa shape index (κ3) is 1.79. The lowest BCUT2D eigenvalue weighted by atomic mass is 11.1. The van der Waals surface area contributed by atoms with Crippen LogP contribution in [0.25, 0.3) is 0 Å². The van der Waals surface area contributed by atoms with Crippen molar-refractivity contribution in [1.29, 1.82) is 0 Å². The molecule has 1 aromatic rings. The van der Waals surface area contributed by atoms with Crippen LogP contribution >= 0.6 is 0 Å². The summed E-state index contributed by atoms with van der Waals surface area (Å²) in [6.07, 6.45) is 3.11. The first-order valence-corrected chi connectivity index (χ1v) is 3.48. The summed E-state index contributed by atoms with van der Waals surface area (Å²) in [5, 5.41) is 1.15. The molecule has 0 radical (unpaired) electrons. The van der Waals surface area contributed by atoms with Gasteiger partial charge in [0.25, 0.3) is 5.91 Å². The Morgan fingerprint density at radius 3 is 2.92 bits per heavy atom. The number of hydroxylamine groups is 2. The first-order valence-electron chi connectivity index (χ1n) is 3.48. The predicted octanol–water partition coefficient (Wildman–Crippen LogP) is 0.715. The summed E-state index contributed by atoms with van der Waals surface area (Å²) in [7, 11) is 2.99. The first kappa shape index (κ1) is 8.67. The number of nitrogens with zero attached hydrogens (tertiary/aromatic N) is 2. The Kier molecular flexibility index (Phi) is 2.76. The fourth-order valence-corrected chi connectivity index (χ4v) is 0.754. The van der Waals surface area contributed by atoms with Crippen LogP contribution in [0.2, 0.25) is 0 Å².